The number of benzene rings is 2. The molecule has 1 saturated heterocycles. The summed E-state index contributed by atoms with van der Waals surface area (Å²) in [6.45, 7) is 1.52. The molecule has 0 radical (unpaired) electrons. The first kappa shape index (κ1) is 20.8. The fourth-order valence-electron chi connectivity index (χ4n) is 3.64. The summed E-state index contributed by atoms with van der Waals surface area (Å²) in [4.78, 5) is 25.1. The van der Waals surface area contributed by atoms with Crippen LogP contribution in [-0.2, 0) is 4.79 Å². The molecule has 1 atom stereocenters. The second-order valence-corrected chi connectivity index (χ2v) is 7.16. The van der Waals surface area contributed by atoms with Crippen molar-refractivity contribution in [2.45, 2.75) is 18.9 Å². The maximum Gasteiger partial charge on any atom is 0.296 e. The summed E-state index contributed by atoms with van der Waals surface area (Å²) in [5.74, 6) is 0.202. The van der Waals surface area contributed by atoms with Crippen LogP contribution in [0.5, 0.6) is 5.75 Å². The molecular weight excluding hydrogens is 374 g/mol. The summed E-state index contributed by atoms with van der Waals surface area (Å²) in [5, 5.41) is 24.4. The Morgan fingerprint density at radius 3 is 2.59 bits per heavy atom. The lowest BCUT2D eigenvalue weighted by molar-refractivity contribution is -0.384. The lowest BCUT2D eigenvalue weighted by atomic mass is 9.87. The van der Waals surface area contributed by atoms with Crippen LogP contribution in [0.15, 0.2) is 48.5 Å². The number of nitro benzene ring substituents is 1. The molecule has 1 heterocycles. The molecule has 0 spiro atoms. The second-order valence-electron chi connectivity index (χ2n) is 7.16. The normalized spacial score (nSPS) is 16.2. The highest BCUT2D eigenvalue weighted by atomic mass is 16.6. The summed E-state index contributed by atoms with van der Waals surface area (Å²) < 4.78 is 5.00. The van der Waals surface area contributed by atoms with E-state index in [1.54, 1.807) is 6.07 Å². The number of aliphatic hydroxyl groups is 1. The average molecular weight is 399 g/mol. The maximum absolute atomic E-state index is 12.4. The molecule has 0 saturated carbocycles. The molecule has 1 aliphatic heterocycles. The zero-order chi connectivity index (χ0) is 20.8. The molecule has 0 unspecified atom stereocenters. The minimum atomic E-state index is -0.547. The van der Waals surface area contributed by atoms with Crippen LogP contribution in [0.1, 0.15) is 24.5 Å². The third-order valence-electron chi connectivity index (χ3n) is 5.26. The first-order valence-corrected chi connectivity index (χ1v) is 9.55. The number of methoxy groups -OCH3 is 1. The zero-order valence-electron chi connectivity index (χ0n) is 16.3. The first-order chi connectivity index (χ1) is 14.0. The monoisotopic (exact) mass is 399 g/mol. The number of nitro groups is 1. The Morgan fingerprint density at radius 1 is 1.28 bits per heavy atom. The molecule has 2 aromatic carbocycles. The smallest absolute Gasteiger partial charge is 0.296 e. The Balaban J connectivity index is 1.53. The number of hydrogen-bond donors (Lipinski definition) is 2. The van der Waals surface area contributed by atoms with Gasteiger partial charge in [-0.3, -0.25) is 19.8 Å². The van der Waals surface area contributed by atoms with E-state index in [9.17, 15) is 20.0 Å². The Hall–Kier alpha value is -2.97. The van der Waals surface area contributed by atoms with E-state index in [-0.39, 0.29) is 29.7 Å². The number of nitrogens with zero attached hydrogens (tertiary/aromatic N) is 2. The predicted molar refractivity (Wildman–Crippen MR) is 109 cm³/mol. The molecule has 0 aliphatic carbocycles. The highest BCUT2D eigenvalue weighted by Gasteiger charge is 2.27. The van der Waals surface area contributed by atoms with Gasteiger partial charge in [0.2, 0.25) is 5.91 Å². The molecule has 1 fully saturated rings. The van der Waals surface area contributed by atoms with Crippen molar-refractivity contribution in [2.75, 3.05) is 32.1 Å². The summed E-state index contributed by atoms with van der Waals surface area (Å²) in [6, 6.07) is 13.9. The zero-order valence-corrected chi connectivity index (χ0v) is 16.3. The number of carbonyl (C=O) groups excluding carboxylic acids is 1. The lowest BCUT2D eigenvalue weighted by Gasteiger charge is -2.33. The van der Waals surface area contributed by atoms with Crippen LogP contribution < -0.4 is 10.1 Å². The highest BCUT2D eigenvalue weighted by molar-refractivity contribution is 5.94. The van der Waals surface area contributed by atoms with Gasteiger partial charge in [-0.1, -0.05) is 30.3 Å². The molecule has 2 aromatic rings. The molecule has 29 heavy (non-hydrogen) atoms. The van der Waals surface area contributed by atoms with Crippen molar-refractivity contribution in [3.8, 4) is 5.75 Å². The van der Waals surface area contributed by atoms with Gasteiger partial charge in [0, 0.05) is 0 Å². The van der Waals surface area contributed by atoms with Crippen molar-refractivity contribution in [1.29, 1.82) is 0 Å². The molecule has 8 nitrogen and oxygen atoms in total. The summed E-state index contributed by atoms with van der Waals surface area (Å²) >= 11 is 0. The Kier molecular flexibility index (Phi) is 6.79. The van der Waals surface area contributed by atoms with E-state index in [1.807, 2.05) is 35.2 Å². The number of piperidine rings is 1. The number of anilines is 1. The number of likely N-dealkylation sites (tertiary alicyclic amines) is 1. The van der Waals surface area contributed by atoms with Gasteiger partial charge in [-0.2, -0.15) is 0 Å². The SMILES string of the molecule is COc1ccc(NC(=O)CN2CCC([C@H](O)c3ccccc3)CC2)c([N+](=O)[O-])c1. The Bertz CT molecular complexity index is 851. The van der Waals surface area contributed by atoms with E-state index in [4.69, 9.17) is 4.74 Å². The van der Waals surface area contributed by atoms with E-state index in [0.717, 1.165) is 18.4 Å². The fraction of sp³-hybridized carbons (Fsp3) is 0.381. The summed E-state index contributed by atoms with van der Waals surface area (Å²) in [7, 11) is 1.43. The van der Waals surface area contributed by atoms with Crippen LogP contribution in [0.4, 0.5) is 11.4 Å². The third kappa shape index (κ3) is 5.30. The molecular formula is C21H25N3O5. The van der Waals surface area contributed by atoms with Crippen LogP contribution in [0, 0.1) is 16.0 Å². The van der Waals surface area contributed by atoms with E-state index in [1.165, 1.54) is 19.2 Å². The van der Waals surface area contributed by atoms with Crippen LogP contribution in [-0.4, -0.2) is 47.6 Å². The molecule has 0 aromatic heterocycles. The van der Waals surface area contributed by atoms with Crippen LogP contribution in [0.3, 0.4) is 0 Å². The van der Waals surface area contributed by atoms with Gasteiger partial charge in [0.25, 0.3) is 5.69 Å². The van der Waals surface area contributed by atoms with E-state index in [2.05, 4.69) is 5.32 Å². The van der Waals surface area contributed by atoms with Crippen LogP contribution in [0.2, 0.25) is 0 Å². The molecule has 154 valence electrons. The van der Waals surface area contributed by atoms with Gasteiger partial charge in [-0.25, -0.2) is 0 Å². The third-order valence-corrected chi connectivity index (χ3v) is 5.26. The van der Waals surface area contributed by atoms with Crippen LogP contribution in [0.25, 0.3) is 0 Å². The number of amides is 1. The Labute approximate surface area is 169 Å². The predicted octanol–water partition coefficient (Wildman–Crippen LogP) is 2.99. The van der Waals surface area contributed by atoms with Gasteiger partial charge in [0.05, 0.1) is 30.7 Å². The maximum atomic E-state index is 12.4. The second kappa shape index (κ2) is 9.49. The Morgan fingerprint density at radius 2 is 1.97 bits per heavy atom. The van der Waals surface area contributed by atoms with Gasteiger partial charge < -0.3 is 15.2 Å². The summed E-state index contributed by atoms with van der Waals surface area (Å²) in [6.07, 6.45) is 1.06. The number of aliphatic hydroxyl groups excluding tert-OH is 1. The van der Waals surface area contributed by atoms with Crippen molar-refractivity contribution in [3.05, 3.63) is 64.2 Å². The van der Waals surface area contributed by atoms with E-state index >= 15 is 0 Å². The number of carbonyl (C=O) groups is 1. The summed E-state index contributed by atoms with van der Waals surface area (Å²) in [5.41, 5.74) is 0.855. The lowest BCUT2D eigenvalue weighted by Crippen LogP contribution is -2.40. The van der Waals surface area contributed by atoms with Crippen molar-refractivity contribution in [2.24, 2.45) is 5.92 Å². The van der Waals surface area contributed by atoms with Gasteiger partial charge in [-0.05, 0) is 49.5 Å². The molecule has 1 amide bonds. The van der Waals surface area contributed by atoms with Gasteiger partial charge in [-0.15, -0.1) is 0 Å². The molecule has 8 heteroatoms. The van der Waals surface area contributed by atoms with Crippen molar-refractivity contribution < 1.29 is 19.6 Å². The number of hydrogen-bond acceptors (Lipinski definition) is 6. The first-order valence-electron chi connectivity index (χ1n) is 9.55. The quantitative estimate of drug-likeness (QED) is 0.548. The number of ether oxygens (including phenoxy) is 1. The van der Waals surface area contributed by atoms with E-state index in [0.29, 0.717) is 18.8 Å². The minimum absolute atomic E-state index is 0.148. The van der Waals surface area contributed by atoms with Crippen molar-refractivity contribution >= 4 is 17.3 Å². The van der Waals surface area contributed by atoms with Gasteiger partial charge in [0.1, 0.15) is 11.4 Å². The molecule has 2 N–H and O–H groups in total. The molecule has 0 bridgehead atoms. The minimum Gasteiger partial charge on any atom is -0.496 e. The number of nitrogens with one attached hydrogen (secondary N) is 1. The van der Waals surface area contributed by atoms with Crippen molar-refractivity contribution in [3.63, 3.8) is 0 Å². The van der Waals surface area contributed by atoms with Crippen LogP contribution >= 0.6 is 0 Å². The van der Waals surface area contributed by atoms with Gasteiger partial charge in [0.15, 0.2) is 0 Å². The van der Waals surface area contributed by atoms with Gasteiger partial charge >= 0.3 is 0 Å². The average Bonchev–Trinajstić information content (AvgIpc) is 2.74. The molecule has 1 aliphatic rings. The highest BCUT2D eigenvalue weighted by Crippen LogP contribution is 2.31. The largest absolute Gasteiger partial charge is 0.496 e. The molecule has 3 rings (SSSR count). The fourth-order valence-corrected chi connectivity index (χ4v) is 3.64. The van der Waals surface area contributed by atoms with Crippen molar-refractivity contribution in [1.82, 2.24) is 4.90 Å². The van der Waals surface area contributed by atoms with E-state index < -0.39 is 11.0 Å². The standard InChI is InChI=1S/C21H25N3O5/c1-29-17-7-8-18(19(13-17)24(27)28)22-20(25)14-23-11-9-16(10-12-23)21(26)15-5-3-2-4-6-15/h2-8,13,16,21,26H,9-12,14H2,1H3,(H,22,25)/t21-/m1/s1. The topological polar surface area (TPSA) is 105 Å². The number of rotatable bonds is 7.